The van der Waals surface area contributed by atoms with E-state index in [1.165, 1.54) is 70.9 Å². The standard InChI is InChI=1S/C14H27NS/c16-12-5-1-4-10-15-11-6-8-13-7-2-3-9-14(13)15/h13-14,16H,1-12H2. The van der Waals surface area contributed by atoms with Crippen molar-refractivity contribution in [2.45, 2.75) is 63.8 Å². The second-order valence-electron chi connectivity index (χ2n) is 5.57. The molecule has 0 N–H and O–H groups in total. The summed E-state index contributed by atoms with van der Waals surface area (Å²) in [5.74, 6) is 2.11. The van der Waals surface area contributed by atoms with Crippen molar-refractivity contribution < 1.29 is 0 Å². The first kappa shape index (κ1) is 12.8. The first-order chi connectivity index (χ1) is 7.92. The van der Waals surface area contributed by atoms with Crippen LogP contribution in [0.1, 0.15) is 57.8 Å². The minimum absolute atomic E-state index is 0.957. The summed E-state index contributed by atoms with van der Waals surface area (Å²) in [6.45, 7) is 2.73. The molecule has 0 aromatic rings. The number of thiol groups is 1. The van der Waals surface area contributed by atoms with Crippen molar-refractivity contribution in [1.82, 2.24) is 4.90 Å². The lowest BCUT2D eigenvalue weighted by Gasteiger charge is -2.44. The summed E-state index contributed by atoms with van der Waals surface area (Å²) < 4.78 is 0. The third kappa shape index (κ3) is 3.40. The highest BCUT2D eigenvalue weighted by Gasteiger charge is 2.32. The smallest absolute Gasteiger partial charge is 0.0123 e. The summed E-state index contributed by atoms with van der Waals surface area (Å²) in [4.78, 5) is 2.81. The second kappa shape index (κ2) is 6.90. The third-order valence-electron chi connectivity index (χ3n) is 4.46. The van der Waals surface area contributed by atoms with Crippen LogP contribution in [0.2, 0.25) is 0 Å². The average Bonchev–Trinajstić information content (AvgIpc) is 2.35. The zero-order valence-corrected chi connectivity index (χ0v) is 11.4. The molecule has 1 nitrogen and oxygen atoms in total. The lowest BCUT2D eigenvalue weighted by atomic mass is 9.78. The summed E-state index contributed by atoms with van der Waals surface area (Å²) in [5, 5.41) is 0. The van der Waals surface area contributed by atoms with Gasteiger partial charge in [0.25, 0.3) is 0 Å². The van der Waals surface area contributed by atoms with Crippen LogP contribution in [-0.4, -0.2) is 29.8 Å². The van der Waals surface area contributed by atoms with Crippen LogP contribution in [0.4, 0.5) is 0 Å². The molecule has 1 heterocycles. The van der Waals surface area contributed by atoms with Gasteiger partial charge in [-0.25, -0.2) is 0 Å². The highest BCUT2D eigenvalue weighted by Crippen LogP contribution is 2.35. The van der Waals surface area contributed by atoms with Crippen LogP contribution in [0.3, 0.4) is 0 Å². The molecule has 1 saturated carbocycles. The molecule has 2 fully saturated rings. The zero-order valence-electron chi connectivity index (χ0n) is 10.5. The van der Waals surface area contributed by atoms with E-state index in [1.807, 2.05) is 0 Å². The van der Waals surface area contributed by atoms with Gasteiger partial charge in [0.15, 0.2) is 0 Å². The second-order valence-corrected chi connectivity index (χ2v) is 6.02. The maximum atomic E-state index is 4.28. The molecule has 2 heteroatoms. The molecule has 0 spiro atoms. The van der Waals surface area contributed by atoms with Gasteiger partial charge in [-0.2, -0.15) is 12.6 Å². The fraction of sp³-hybridized carbons (Fsp3) is 1.00. The van der Waals surface area contributed by atoms with E-state index in [0.29, 0.717) is 0 Å². The van der Waals surface area contributed by atoms with Crippen LogP contribution >= 0.6 is 12.6 Å². The molecule has 94 valence electrons. The Labute approximate surface area is 106 Å². The van der Waals surface area contributed by atoms with E-state index in [2.05, 4.69) is 17.5 Å². The molecule has 0 radical (unpaired) electrons. The van der Waals surface area contributed by atoms with Crippen LogP contribution < -0.4 is 0 Å². The Balaban J connectivity index is 1.74. The number of rotatable bonds is 5. The molecule has 0 aromatic heterocycles. The van der Waals surface area contributed by atoms with E-state index in [0.717, 1.165) is 17.7 Å². The summed E-state index contributed by atoms with van der Waals surface area (Å²) >= 11 is 4.28. The Morgan fingerprint density at radius 3 is 2.62 bits per heavy atom. The number of unbranched alkanes of at least 4 members (excludes halogenated alkanes) is 2. The van der Waals surface area contributed by atoms with Gasteiger partial charge in [-0.1, -0.05) is 19.3 Å². The Kier molecular flexibility index (Phi) is 5.51. The van der Waals surface area contributed by atoms with E-state index in [9.17, 15) is 0 Å². The van der Waals surface area contributed by atoms with Crippen LogP contribution in [-0.2, 0) is 0 Å². The van der Waals surface area contributed by atoms with Gasteiger partial charge in [0.2, 0.25) is 0 Å². The monoisotopic (exact) mass is 241 g/mol. The van der Waals surface area contributed by atoms with Gasteiger partial charge in [-0.3, -0.25) is 0 Å². The van der Waals surface area contributed by atoms with Gasteiger partial charge in [-0.15, -0.1) is 0 Å². The number of piperidine rings is 1. The quantitative estimate of drug-likeness (QED) is 0.567. The van der Waals surface area contributed by atoms with Crippen LogP contribution in [0.5, 0.6) is 0 Å². The Hall–Kier alpha value is 0.310. The molecule has 2 rings (SSSR count). The van der Waals surface area contributed by atoms with E-state index >= 15 is 0 Å². The summed E-state index contributed by atoms with van der Waals surface area (Å²) in [6.07, 6.45) is 13.0. The predicted octanol–water partition coefficient (Wildman–Crippen LogP) is 3.74. The highest BCUT2D eigenvalue weighted by molar-refractivity contribution is 7.80. The summed E-state index contributed by atoms with van der Waals surface area (Å²) in [7, 11) is 0. The first-order valence-electron chi connectivity index (χ1n) is 7.26. The number of hydrogen-bond acceptors (Lipinski definition) is 2. The Morgan fingerprint density at radius 2 is 1.75 bits per heavy atom. The van der Waals surface area contributed by atoms with Gasteiger partial charge >= 0.3 is 0 Å². The minimum atomic E-state index is 0.957. The normalized spacial score (nSPS) is 31.3. The Bertz CT molecular complexity index is 193. The maximum absolute atomic E-state index is 4.28. The lowest BCUT2D eigenvalue weighted by Crippen LogP contribution is -2.47. The van der Waals surface area contributed by atoms with E-state index in [1.54, 1.807) is 0 Å². The fourth-order valence-corrected chi connectivity index (χ4v) is 3.83. The van der Waals surface area contributed by atoms with E-state index in [4.69, 9.17) is 0 Å². The molecule has 1 saturated heterocycles. The van der Waals surface area contributed by atoms with Crippen molar-refractivity contribution in [2.75, 3.05) is 18.8 Å². The average molecular weight is 241 g/mol. The first-order valence-corrected chi connectivity index (χ1v) is 7.90. The molecular formula is C14H27NS. The van der Waals surface area contributed by atoms with Crippen molar-refractivity contribution in [2.24, 2.45) is 5.92 Å². The molecule has 0 bridgehead atoms. The molecule has 2 aliphatic rings. The third-order valence-corrected chi connectivity index (χ3v) is 4.78. The van der Waals surface area contributed by atoms with Gasteiger partial charge in [-0.05, 0) is 63.3 Å². The van der Waals surface area contributed by atoms with Gasteiger partial charge in [0.05, 0.1) is 0 Å². The van der Waals surface area contributed by atoms with Crippen LogP contribution in [0, 0.1) is 5.92 Å². The van der Waals surface area contributed by atoms with Crippen molar-refractivity contribution >= 4 is 12.6 Å². The number of likely N-dealkylation sites (tertiary alicyclic amines) is 1. The molecule has 2 atom stereocenters. The van der Waals surface area contributed by atoms with Crippen molar-refractivity contribution in [3.8, 4) is 0 Å². The van der Waals surface area contributed by atoms with Gasteiger partial charge in [0, 0.05) is 6.04 Å². The van der Waals surface area contributed by atoms with Gasteiger partial charge in [0.1, 0.15) is 0 Å². The number of nitrogens with zero attached hydrogens (tertiary/aromatic N) is 1. The van der Waals surface area contributed by atoms with Crippen molar-refractivity contribution in [1.29, 1.82) is 0 Å². The van der Waals surface area contributed by atoms with E-state index in [-0.39, 0.29) is 0 Å². The number of fused-ring (bicyclic) bond motifs is 1. The van der Waals surface area contributed by atoms with Crippen molar-refractivity contribution in [3.05, 3.63) is 0 Å². The van der Waals surface area contributed by atoms with Crippen LogP contribution in [0.25, 0.3) is 0 Å². The molecule has 16 heavy (non-hydrogen) atoms. The summed E-state index contributed by atoms with van der Waals surface area (Å²) in [5.41, 5.74) is 0. The minimum Gasteiger partial charge on any atom is -0.300 e. The molecule has 0 amide bonds. The topological polar surface area (TPSA) is 3.24 Å². The maximum Gasteiger partial charge on any atom is 0.0123 e. The fourth-order valence-electron chi connectivity index (χ4n) is 3.61. The van der Waals surface area contributed by atoms with Crippen molar-refractivity contribution in [3.63, 3.8) is 0 Å². The highest BCUT2D eigenvalue weighted by atomic mass is 32.1. The number of hydrogen-bond donors (Lipinski definition) is 1. The van der Waals surface area contributed by atoms with Gasteiger partial charge < -0.3 is 4.90 Å². The lowest BCUT2D eigenvalue weighted by molar-refractivity contribution is 0.0596. The molecule has 2 unspecified atom stereocenters. The SMILES string of the molecule is SCCCCCN1CCCC2CCCCC21. The van der Waals surface area contributed by atoms with E-state index < -0.39 is 0 Å². The Morgan fingerprint density at radius 1 is 0.938 bits per heavy atom. The molecular weight excluding hydrogens is 214 g/mol. The predicted molar refractivity (Wildman–Crippen MR) is 74.3 cm³/mol. The van der Waals surface area contributed by atoms with Crippen LogP contribution in [0.15, 0.2) is 0 Å². The zero-order chi connectivity index (χ0) is 11.2. The largest absolute Gasteiger partial charge is 0.300 e. The molecule has 1 aliphatic heterocycles. The molecule has 0 aromatic carbocycles. The molecule has 1 aliphatic carbocycles. The summed E-state index contributed by atoms with van der Waals surface area (Å²) in [6, 6.07) is 0.957.